The van der Waals surface area contributed by atoms with Crippen molar-refractivity contribution in [2.24, 2.45) is 7.05 Å². The molecule has 0 radical (unpaired) electrons. The van der Waals surface area contributed by atoms with Crippen molar-refractivity contribution < 1.29 is 4.52 Å². The van der Waals surface area contributed by atoms with Gasteiger partial charge in [0.25, 0.3) is 11.4 Å². The largest absolute Gasteiger partial charge is 0.383 e. The highest BCUT2D eigenvalue weighted by Crippen LogP contribution is 2.32. The molecule has 12 nitrogen and oxygen atoms in total. The first-order valence-electron chi connectivity index (χ1n) is 12.2. The third-order valence-electron chi connectivity index (χ3n) is 6.31. The average Bonchev–Trinajstić information content (AvgIpc) is 3.56. The molecule has 0 amide bonds. The maximum absolute atomic E-state index is 14.2. The molecule has 6 rings (SSSR count). The van der Waals surface area contributed by atoms with E-state index in [0.29, 0.717) is 39.6 Å². The molecule has 0 aliphatic carbocycles. The van der Waals surface area contributed by atoms with E-state index in [2.05, 4.69) is 30.5 Å². The molecule has 4 heterocycles. The summed E-state index contributed by atoms with van der Waals surface area (Å²) in [5.41, 5.74) is 9.17. The molecule has 0 aliphatic rings. The van der Waals surface area contributed by atoms with Gasteiger partial charge in [-0.05, 0) is 37.6 Å². The Labute approximate surface area is 222 Å². The minimum atomic E-state index is -0.499. The number of nitrogens with zero attached hydrogens (tertiary/aromatic N) is 8. The summed E-state index contributed by atoms with van der Waals surface area (Å²) in [6, 6.07) is 14.5. The molecule has 1 atom stereocenters. The van der Waals surface area contributed by atoms with E-state index in [0.717, 1.165) is 11.1 Å². The van der Waals surface area contributed by atoms with Gasteiger partial charge in [0, 0.05) is 18.8 Å². The van der Waals surface area contributed by atoms with Crippen LogP contribution in [-0.2, 0) is 7.05 Å². The van der Waals surface area contributed by atoms with Crippen LogP contribution in [0.15, 0.2) is 76.6 Å². The first kappa shape index (κ1) is 24.0. The van der Waals surface area contributed by atoms with Gasteiger partial charge < -0.3 is 15.6 Å². The number of fused-ring (bicyclic) bond motifs is 1. The third kappa shape index (κ3) is 4.27. The quantitative estimate of drug-likeness (QED) is 0.332. The van der Waals surface area contributed by atoms with Crippen LogP contribution in [0.2, 0.25) is 0 Å². The van der Waals surface area contributed by atoms with Crippen LogP contribution < -0.4 is 16.6 Å². The molecule has 0 fully saturated rings. The predicted molar refractivity (Wildman–Crippen MR) is 146 cm³/mol. The van der Waals surface area contributed by atoms with Gasteiger partial charge in [-0.2, -0.15) is 10.1 Å². The van der Waals surface area contributed by atoms with Crippen LogP contribution in [0.25, 0.3) is 39.2 Å². The Morgan fingerprint density at radius 3 is 2.59 bits per heavy atom. The van der Waals surface area contributed by atoms with Crippen molar-refractivity contribution in [3.8, 4) is 28.3 Å². The Balaban J connectivity index is 1.54. The minimum absolute atomic E-state index is 0.177. The summed E-state index contributed by atoms with van der Waals surface area (Å²) >= 11 is 0. The molecule has 194 valence electrons. The first-order valence-corrected chi connectivity index (χ1v) is 12.2. The van der Waals surface area contributed by atoms with Gasteiger partial charge in [-0.25, -0.2) is 15.0 Å². The van der Waals surface area contributed by atoms with E-state index >= 15 is 0 Å². The van der Waals surface area contributed by atoms with Crippen LogP contribution in [0.1, 0.15) is 24.6 Å². The maximum atomic E-state index is 14.2. The molecular weight excluding hydrogens is 496 g/mol. The van der Waals surface area contributed by atoms with Crippen molar-refractivity contribution in [1.82, 2.24) is 39.4 Å². The van der Waals surface area contributed by atoms with Gasteiger partial charge in [-0.15, -0.1) is 0 Å². The van der Waals surface area contributed by atoms with Gasteiger partial charge in [-0.3, -0.25) is 14.0 Å². The van der Waals surface area contributed by atoms with Gasteiger partial charge in [0.05, 0.1) is 28.8 Å². The molecule has 2 aromatic carbocycles. The lowest BCUT2D eigenvalue weighted by Crippen LogP contribution is -2.28. The standard InChI is InChI=1S/C27H24N10O2/c1-15(32-24-22(23(28)29-14-30-24)26-33-16(2)35-39-26)25-34-20-11-7-10-19(17-12-31-36(3)13-17)21(20)27(38)37(25)18-8-5-4-6-9-18/h4-15H,1-3H3,(H3,28,29,30,32). The molecule has 0 aliphatic heterocycles. The molecule has 6 aromatic rings. The van der Waals surface area contributed by atoms with Crippen LogP contribution >= 0.6 is 0 Å². The van der Waals surface area contributed by atoms with Crippen LogP contribution in [0.4, 0.5) is 11.6 Å². The van der Waals surface area contributed by atoms with Crippen LogP contribution in [-0.4, -0.2) is 39.4 Å². The highest BCUT2D eigenvalue weighted by atomic mass is 16.5. The van der Waals surface area contributed by atoms with Crippen LogP contribution in [0, 0.1) is 6.92 Å². The Bertz CT molecular complexity index is 1870. The van der Waals surface area contributed by atoms with Crippen molar-refractivity contribution >= 4 is 22.5 Å². The van der Waals surface area contributed by atoms with Gasteiger partial charge in [-0.1, -0.05) is 35.5 Å². The monoisotopic (exact) mass is 520 g/mol. The van der Waals surface area contributed by atoms with E-state index in [9.17, 15) is 4.79 Å². The van der Waals surface area contributed by atoms with Crippen molar-refractivity contribution in [2.45, 2.75) is 19.9 Å². The van der Waals surface area contributed by atoms with E-state index in [1.165, 1.54) is 6.33 Å². The molecule has 0 saturated heterocycles. The lowest BCUT2D eigenvalue weighted by Gasteiger charge is -2.21. The first-order chi connectivity index (χ1) is 18.9. The number of hydrogen-bond donors (Lipinski definition) is 2. The summed E-state index contributed by atoms with van der Waals surface area (Å²) in [6.45, 7) is 3.60. The Kier molecular flexibility index (Phi) is 5.83. The number of aromatic nitrogens is 8. The molecule has 0 bridgehead atoms. The Morgan fingerprint density at radius 1 is 1.05 bits per heavy atom. The molecular formula is C27H24N10O2. The molecule has 0 spiro atoms. The lowest BCUT2D eigenvalue weighted by atomic mass is 10.0. The SMILES string of the molecule is Cc1noc(-c2c(N)ncnc2NC(C)c2nc3cccc(-c4cnn(C)c4)c3c(=O)n2-c2ccccc2)n1. The minimum Gasteiger partial charge on any atom is -0.383 e. The summed E-state index contributed by atoms with van der Waals surface area (Å²) in [4.78, 5) is 32.0. The number of rotatable bonds is 6. The van der Waals surface area contributed by atoms with E-state index in [-0.39, 0.29) is 17.3 Å². The number of aryl methyl sites for hydroxylation is 2. The van der Waals surface area contributed by atoms with Gasteiger partial charge >= 0.3 is 0 Å². The summed E-state index contributed by atoms with van der Waals surface area (Å²) in [6.07, 6.45) is 4.95. The smallest absolute Gasteiger partial charge is 0.266 e. The molecule has 39 heavy (non-hydrogen) atoms. The third-order valence-corrected chi connectivity index (χ3v) is 6.31. The van der Waals surface area contributed by atoms with Gasteiger partial charge in [0.2, 0.25) is 0 Å². The zero-order valence-electron chi connectivity index (χ0n) is 21.4. The number of benzene rings is 2. The molecule has 1 unspecified atom stereocenters. The van der Waals surface area contributed by atoms with Crippen molar-refractivity contribution in [3.63, 3.8) is 0 Å². The molecule has 12 heteroatoms. The average molecular weight is 521 g/mol. The summed E-state index contributed by atoms with van der Waals surface area (Å²) in [5, 5.41) is 12.0. The normalized spacial score (nSPS) is 12.1. The van der Waals surface area contributed by atoms with E-state index < -0.39 is 6.04 Å². The number of nitrogens with two attached hydrogens (primary N) is 1. The van der Waals surface area contributed by atoms with E-state index in [1.54, 1.807) is 22.4 Å². The van der Waals surface area contributed by atoms with Gasteiger partial charge in [0.1, 0.15) is 29.4 Å². The topological polar surface area (TPSA) is 155 Å². The number of nitrogens with one attached hydrogen (secondary N) is 1. The second-order valence-electron chi connectivity index (χ2n) is 9.04. The fourth-order valence-electron chi connectivity index (χ4n) is 4.55. The van der Waals surface area contributed by atoms with Crippen LogP contribution in [0.3, 0.4) is 0 Å². The zero-order chi connectivity index (χ0) is 27.1. The van der Waals surface area contributed by atoms with Crippen molar-refractivity contribution in [2.75, 3.05) is 11.1 Å². The van der Waals surface area contributed by atoms with E-state index in [4.69, 9.17) is 15.2 Å². The van der Waals surface area contributed by atoms with Crippen molar-refractivity contribution in [3.05, 3.63) is 89.3 Å². The lowest BCUT2D eigenvalue weighted by molar-refractivity contribution is 0.425. The second kappa shape index (κ2) is 9.49. The van der Waals surface area contributed by atoms with Gasteiger partial charge in [0.15, 0.2) is 5.82 Å². The van der Waals surface area contributed by atoms with Crippen molar-refractivity contribution in [1.29, 1.82) is 0 Å². The number of nitrogen functional groups attached to an aromatic ring is 1. The molecule has 0 saturated carbocycles. The maximum Gasteiger partial charge on any atom is 0.266 e. The van der Waals surface area contributed by atoms with Crippen LogP contribution in [0.5, 0.6) is 0 Å². The fourth-order valence-corrected chi connectivity index (χ4v) is 4.55. The molecule has 4 aromatic heterocycles. The highest BCUT2D eigenvalue weighted by Gasteiger charge is 2.24. The summed E-state index contributed by atoms with van der Waals surface area (Å²) < 4.78 is 8.66. The molecule has 3 N–H and O–H groups in total. The second-order valence-corrected chi connectivity index (χ2v) is 9.04. The summed E-state index contributed by atoms with van der Waals surface area (Å²) in [5.74, 6) is 1.67. The zero-order valence-corrected chi connectivity index (χ0v) is 21.4. The number of para-hydroxylation sites is 1. The number of hydrogen-bond acceptors (Lipinski definition) is 10. The predicted octanol–water partition coefficient (Wildman–Crippen LogP) is 3.69. The fraction of sp³-hybridized carbons (Fsp3) is 0.148. The summed E-state index contributed by atoms with van der Waals surface area (Å²) in [7, 11) is 1.84. The number of anilines is 2. The Hall–Kier alpha value is -5.39. The highest BCUT2D eigenvalue weighted by molar-refractivity contribution is 5.94. The Morgan fingerprint density at radius 2 is 1.87 bits per heavy atom. The van der Waals surface area contributed by atoms with E-state index in [1.807, 2.05) is 68.7 Å².